The van der Waals surface area contributed by atoms with E-state index < -0.39 is 0 Å². The highest BCUT2D eigenvalue weighted by Crippen LogP contribution is 2.27. The lowest BCUT2D eigenvalue weighted by Crippen LogP contribution is -2.43. The van der Waals surface area contributed by atoms with Gasteiger partial charge in [-0.1, -0.05) is 37.3 Å². The lowest BCUT2D eigenvalue weighted by Gasteiger charge is -2.28. The number of benzene rings is 2. The highest BCUT2D eigenvalue weighted by atomic mass is 16.5. The smallest absolute Gasteiger partial charge is 0.119 e. The van der Waals surface area contributed by atoms with E-state index in [0.29, 0.717) is 6.61 Å². The molecule has 1 heterocycles. The summed E-state index contributed by atoms with van der Waals surface area (Å²) in [5.41, 5.74) is 5.42. The number of hydrogen-bond acceptors (Lipinski definition) is 3. The molecule has 0 spiro atoms. The Labute approximate surface area is 145 Å². The third kappa shape index (κ3) is 4.16. The van der Waals surface area contributed by atoms with Gasteiger partial charge >= 0.3 is 0 Å². The van der Waals surface area contributed by atoms with Crippen molar-refractivity contribution < 1.29 is 4.74 Å². The maximum absolute atomic E-state index is 5.64. The Morgan fingerprint density at radius 1 is 0.958 bits per heavy atom. The predicted molar refractivity (Wildman–Crippen MR) is 101 cm³/mol. The normalized spacial score (nSPS) is 15.4. The topological polar surface area (TPSA) is 24.5 Å². The van der Waals surface area contributed by atoms with E-state index in [0.717, 1.165) is 44.9 Å². The molecule has 1 fully saturated rings. The van der Waals surface area contributed by atoms with Gasteiger partial charge in [-0.25, -0.2) is 0 Å². The summed E-state index contributed by atoms with van der Waals surface area (Å²) in [7, 11) is 0. The van der Waals surface area contributed by atoms with Crippen LogP contribution in [0.15, 0.2) is 42.5 Å². The Morgan fingerprint density at radius 2 is 1.75 bits per heavy atom. The van der Waals surface area contributed by atoms with Crippen LogP contribution in [-0.2, 0) is 13.0 Å². The fourth-order valence-electron chi connectivity index (χ4n) is 3.33. The van der Waals surface area contributed by atoms with Gasteiger partial charge in [0.05, 0.1) is 6.61 Å². The summed E-state index contributed by atoms with van der Waals surface area (Å²) in [6, 6.07) is 15.3. The Morgan fingerprint density at radius 3 is 2.50 bits per heavy atom. The van der Waals surface area contributed by atoms with E-state index in [1.165, 1.54) is 22.3 Å². The molecule has 1 saturated heterocycles. The molecule has 0 unspecified atom stereocenters. The van der Waals surface area contributed by atoms with Crippen LogP contribution in [0, 0.1) is 0 Å². The molecule has 0 aliphatic carbocycles. The van der Waals surface area contributed by atoms with Gasteiger partial charge in [0.2, 0.25) is 0 Å². The molecule has 3 heteroatoms. The summed E-state index contributed by atoms with van der Waals surface area (Å²) in [5, 5.41) is 3.42. The molecule has 0 saturated carbocycles. The van der Waals surface area contributed by atoms with Crippen molar-refractivity contribution in [2.75, 3.05) is 32.8 Å². The first-order valence-electron chi connectivity index (χ1n) is 9.08. The second-order valence-electron chi connectivity index (χ2n) is 6.32. The van der Waals surface area contributed by atoms with Crippen molar-refractivity contribution in [3.05, 3.63) is 53.6 Å². The van der Waals surface area contributed by atoms with Gasteiger partial charge in [0, 0.05) is 32.7 Å². The minimum Gasteiger partial charge on any atom is -0.494 e. The van der Waals surface area contributed by atoms with Crippen LogP contribution in [0.4, 0.5) is 0 Å². The van der Waals surface area contributed by atoms with Crippen LogP contribution in [0.25, 0.3) is 11.1 Å². The maximum atomic E-state index is 5.64. The Bertz CT molecular complexity index is 663. The second-order valence-corrected chi connectivity index (χ2v) is 6.32. The Balaban J connectivity index is 1.81. The molecule has 3 nitrogen and oxygen atoms in total. The fourth-order valence-corrected chi connectivity index (χ4v) is 3.33. The van der Waals surface area contributed by atoms with Crippen molar-refractivity contribution in [3.63, 3.8) is 0 Å². The fraction of sp³-hybridized carbons (Fsp3) is 0.429. The molecule has 0 amide bonds. The van der Waals surface area contributed by atoms with Crippen LogP contribution in [0.1, 0.15) is 25.0 Å². The zero-order valence-electron chi connectivity index (χ0n) is 14.8. The van der Waals surface area contributed by atoms with Gasteiger partial charge in [-0.05, 0) is 47.7 Å². The molecule has 128 valence electrons. The van der Waals surface area contributed by atoms with Gasteiger partial charge in [-0.15, -0.1) is 0 Å². The van der Waals surface area contributed by atoms with Gasteiger partial charge < -0.3 is 10.1 Å². The van der Waals surface area contributed by atoms with E-state index in [4.69, 9.17) is 4.74 Å². The minimum atomic E-state index is 0.702. The highest BCUT2D eigenvalue weighted by molar-refractivity contribution is 5.66. The number of ether oxygens (including phenoxy) is 1. The average Bonchev–Trinajstić information content (AvgIpc) is 2.63. The Hall–Kier alpha value is -1.84. The minimum absolute atomic E-state index is 0.702. The van der Waals surface area contributed by atoms with Crippen LogP contribution >= 0.6 is 0 Å². The van der Waals surface area contributed by atoms with E-state index in [1.807, 2.05) is 13.0 Å². The summed E-state index contributed by atoms with van der Waals surface area (Å²) >= 11 is 0. The van der Waals surface area contributed by atoms with E-state index in [9.17, 15) is 0 Å². The molecule has 2 aromatic carbocycles. The van der Waals surface area contributed by atoms with Crippen LogP contribution in [0.2, 0.25) is 0 Å². The van der Waals surface area contributed by atoms with Gasteiger partial charge in [-0.3, -0.25) is 4.90 Å². The molecular formula is C21H28N2O. The van der Waals surface area contributed by atoms with Crippen molar-refractivity contribution in [3.8, 4) is 16.9 Å². The quantitative estimate of drug-likeness (QED) is 0.876. The van der Waals surface area contributed by atoms with Crippen molar-refractivity contribution in [2.24, 2.45) is 0 Å². The monoisotopic (exact) mass is 324 g/mol. The molecule has 1 aliphatic rings. The number of nitrogens with zero attached hydrogens (tertiary/aromatic N) is 1. The van der Waals surface area contributed by atoms with Crippen molar-refractivity contribution >= 4 is 0 Å². The van der Waals surface area contributed by atoms with Gasteiger partial charge in [0.15, 0.2) is 0 Å². The molecule has 3 rings (SSSR count). The highest BCUT2D eigenvalue weighted by Gasteiger charge is 2.12. The van der Waals surface area contributed by atoms with Gasteiger partial charge in [-0.2, -0.15) is 0 Å². The van der Waals surface area contributed by atoms with E-state index in [1.54, 1.807) is 0 Å². The summed E-state index contributed by atoms with van der Waals surface area (Å²) in [6.07, 6.45) is 1.07. The number of rotatable bonds is 6. The third-order valence-corrected chi connectivity index (χ3v) is 4.67. The van der Waals surface area contributed by atoms with E-state index in [2.05, 4.69) is 53.5 Å². The summed E-state index contributed by atoms with van der Waals surface area (Å²) in [4.78, 5) is 2.54. The van der Waals surface area contributed by atoms with Crippen LogP contribution in [-0.4, -0.2) is 37.7 Å². The molecule has 0 radical (unpaired) electrons. The van der Waals surface area contributed by atoms with Crippen molar-refractivity contribution in [1.29, 1.82) is 0 Å². The molecule has 1 aliphatic heterocycles. The summed E-state index contributed by atoms with van der Waals surface area (Å²) in [5.74, 6) is 0.943. The first kappa shape index (κ1) is 17.0. The molecule has 0 aromatic heterocycles. The van der Waals surface area contributed by atoms with E-state index >= 15 is 0 Å². The summed E-state index contributed by atoms with van der Waals surface area (Å²) < 4.78 is 5.64. The number of hydrogen-bond donors (Lipinski definition) is 1. The number of piperazine rings is 1. The first-order chi connectivity index (χ1) is 11.8. The number of aryl methyl sites for hydroxylation is 1. The molecule has 24 heavy (non-hydrogen) atoms. The third-order valence-electron chi connectivity index (χ3n) is 4.67. The molecule has 0 atom stereocenters. The lowest BCUT2D eigenvalue weighted by molar-refractivity contribution is 0.232. The Kier molecular flexibility index (Phi) is 5.89. The number of nitrogens with one attached hydrogen (secondary N) is 1. The molecule has 2 aromatic rings. The first-order valence-corrected chi connectivity index (χ1v) is 9.08. The zero-order valence-corrected chi connectivity index (χ0v) is 14.8. The maximum Gasteiger partial charge on any atom is 0.119 e. The predicted octanol–water partition coefficient (Wildman–Crippen LogP) is 3.72. The average molecular weight is 324 g/mol. The standard InChI is InChI=1S/C21H28N2O/c1-3-17-14-19(18-6-5-7-21(15-18)24-4-2)8-9-20(17)16-23-12-10-22-11-13-23/h5-9,14-15,22H,3-4,10-13,16H2,1-2H3. The van der Waals surface area contributed by atoms with Crippen molar-refractivity contribution in [1.82, 2.24) is 10.2 Å². The van der Waals surface area contributed by atoms with Gasteiger partial charge in [0.25, 0.3) is 0 Å². The van der Waals surface area contributed by atoms with Crippen LogP contribution in [0.3, 0.4) is 0 Å². The molecule has 0 bridgehead atoms. The second kappa shape index (κ2) is 8.32. The summed E-state index contributed by atoms with van der Waals surface area (Å²) in [6.45, 7) is 10.5. The molecule has 1 N–H and O–H groups in total. The zero-order chi connectivity index (χ0) is 16.8. The van der Waals surface area contributed by atoms with Gasteiger partial charge in [0.1, 0.15) is 5.75 Å². The largest absolute Gasteiger partial charge is 0.494 e. The van der Waals surface area contributed by atoms with Crippen LogP contribution < -0.4 is 10.1 Å². The van der Waals surface area contributed by atoms with E-state index in [-0.39, 0.29) is 0 Å². The SMILES string of the molecule is CCOc1cccc(-c2ccc(CN3CCNCC3)c(CC)c2)c1. The lowest BCUT2D eigenvalue weighted by atomic mass is 9.97. The van der Waals surface area contributed by atoms with Crippen molar-refractivity contribution in [2.45, 2.75) is 26.8 Å². The molecular weight excluding hydrogens is 296 g/mol. The van der Waals surface area contributed by atoms with Crippen LogP contribution in [0.5, 0.6) is 5.75 Å².